The van der Waals surface area contributed by atoms with Crippen molar-refractivity contribution < 1.29 is 0 Å². The van der Waals surface area contributed by atoms with Crippen LogP contribution < -0.4 is 0 Å². The summed E-state index contributed by atoms with van der Waals surface area (Å²) in [6.45, 7) is 5.54. The quantitative estimate of drug-likeness (QED) is 0.415. The van der Waals surface area contributed by atoms with Crippen molar-refractivity contribution in [2.45, 2.75) is 6.92 Å². The van der Waals surface area contributed by atoms with Gasteiger partial charge in [-0.15, -0.1) is 6.42 Å². The zero-order valence-electron chi connectivity index (χ0n) is 5.36. The standard InChI is InChI=1S/C9H7/c1-4-5-6-7-8-9(2)3/h1,9H,2H2,3H3. The lowest BCUT2D eigenvalue weighted by Gasteiger charge is -1.81. The maximum atomic E-state index is 4.84. The fraction of sp³-hybridized carbons (Fsp3) is 0.222. The molecule has 0 saturated carbocycles. The van der Waals surface area contributed by atoms with Crippen LogP contribution in [0.25, 0.3) is 0 Å². The molecule has 0 aromatic heterocycles. The van der Waals surface area contributed by atoms with Gasteiger partial charge in [0.25, 0.3) is 0 Å². The van der Waals surface area contributed by atoms with Gasteiger partial charge < -0.3 is 0 Å². The van der Waals surface area contributed by atoms with E-state index in [9.17, 15) is 0 Å². The number of rotatable bonds is 0. The fourth-order valence-electron chi connectivity index (χ4n) is 0.227. The minimum absolute atomic E-state index is 0.122. The summed E-state index contributed by atoms with van der Waals surface area (Å²) in [7, 11) is 0. The molecule has 0 N–H and O–H groups in total. The molecule has 0 saturated heterocycles. The van der Waals surface area contributed by atoms with Crippen LogP contribution in [0.4, 0.5) is 0 Å². The fourth-order valence-corrected chi connectivity index (χ4v) is 0.227. The molecule has 0 aromatic carbocycles. The van der Waals surface area contributed by atoms with Crippen molar-refractivity contribution in [1.82, 2.24) is 0 Å². The van der Waals surface area contributed by atoms with E-state index in [1.54, 1.807) is 0 Å². The molecule has 0 amide bonds. The predicted octanol–water partition coefficient (Wildman–Crippen LogP) is 1.10. The van der Waals surface area contributed by atoms with Gasteiger partial charge in [0.15, 0.2) is 0 Å². The molecular formula is C9H7. The summed E-state index contributed by atoms with van der Waals surface area (Å²) in [5.41, 5.74) is 0. The van der Waals surface area contributed by atoms with Gasteiger partial charge in [0.05, 0.1) is 0 Å². The predicted molar refractivity (Wildman–Crippen MR) is 38.9 cm³/mol. The molecule has 0 aliphatic heterocycles. The summed E-state index contributed by atoms with van der Waals surface area (Å²) >= 11 is 0. The van der Waals surface area contributed by atoms with Crippen molar-refractivity contribution in [3.8, 4) is 36.0 Å². The summed E-state index contributed by atoms with van der Waals surface area (Å²) < 4.78 is 0. The van der Waals surface area contributed by atoms with E-state index in [1.807, 2.05) is 6.92 Å². The van der Waals surface area contributed by atoms with Crippen LogP contribution in [0.3, 0.4) is 0 Å². The third-order valence-electron chi connectivity index (χ3n) is 0.516. The highest BCUT2D eigenvalue weighted by Crippen LogP contribution is 1.82. The molecule has 0 aliphatic rings. The lowest BCUT2D eigenvalue weighted by Crippen LogP contribution is -1.76. The molecule has 0 aliphatic carbocycles. The van der Waals surface area contributed by atoms with Crippen LogP contribution in [0.2, 0.25) is 0 Å². The smallest absolute Gasteiger partial charge is 0.0185 e. The van der Waals surface area contributed by atoms with E-state index in [4.69, 9.17) is 6.42 Å². The Labute approximate surface area is 56.7 Å². The maximum absolute atomic E-state index is 4.84. The highest BCUT2D eigenvalue weighted by Gasteiger charge is 1.77. The van der Waals surface area contributed by atoms with Crippen LogP contribution in [-0.4, -0.2) is 0 Å². The van der Waals surface area contributed by atoms with Gasteiger partial charge in [-0.05, 0) is 30.6 Å². The maximum Gasteiger partial charge on any atom is 0.0185 e. The molecule has 43 valence electrons. The number of hydrogen-bond donors (Lipinski definition) is 0. The monoisotopic (exact) mass is 115 g/mol. The Balaban J connectivity index is 3.79. The van der Waals surface area contributed by atoms with Crippen LogP contribution in [0.5, 0.6) is 0 Å². The van der Waals surface area contributed by atoms with E-state index < -0.39 is 0 Å². The Bertz CT molecular complexity index is 217. The van der Waals surface area contributed by atoms with Gasteiger partial charge in [-0.3, -0.25) is 0 Å². The molecule has 0 rings (SSSR count). The van der Waals surface area contributed by atoms with E-state index in [2.05, 4.69) is 36.5 Å². The molecule has 1 atom stereocenters. The van der Waals surface area contributed by atoms with Gasteiger partial charge in [0.1, 0.15) is 0 Å². The van der Waals surface area contributed by atoms with Crippen LogP contribution >= 0.6 is 0 Å². The van der Waals surface area contributed by atoms with Gasteiger partial charge in [-0.2, -0.15) is 0 Å². The molecule has 1 radical (unpaired) electrons. The van der Waals surface area contributed by atoms with Gasteiger partial charge in [-0.1, -0.05) is 12.8 Å². The van der Waals surface area contributed by atoms with Crippen LogP contribution in [0.15, 0.2) is 0 Å². The van der Waals surface area contributed by atoms with Crippen molar-refractivity contribution in [2.24, 2.45) is 5.92 Å². The lowest BCUT2D eigenvalue weighted by molar-refractivity contribution is 0.978. The van der Waals surface area contributed by atoms with E-state index in [0.717, 1.165) is 0 Å². The molecule has 9 heavy (non-hydrogen) atoms. The topological polar surface area (TPSA) is 0 Å². The van der Waals surface area contributed by atoms with Crippen molar-refractivity contribution in [1.29, 1.82) is 0 Å². The number of hydrogen-bond acceptors (Lipinski definition) is 0. The first-order chi connectivity index (χ1) is 4.27. The SMILES string of the molecule is C#CC#CC#CC([CH2])C. The molecule has 0 heterocycles. The van der Waals surface area contributed by atoms with Gasteiger partial charge in [0, 0.05) is 5.92 Å². The second-order valence-corrected chi connectivity index (χ2v) is 1.56. The Morgan fingerprint density at radius 1 is 1.33 bits per heavy atom. The average molecular weight is 115 g/mol. The van der Waals surface area contributed by atoms with Gasteiger partial charge in [0.2, 0.25) is 0 Å². The van der Waals surface area contributed by atoms with E-state index in [-0.39, 0.29) is 5.92 Å². The van der Waals surface area contributed by atoms with Crippen molar-refractivity contribution >= 4 is 0 Å². The molecule has 0 aromatic rings. The molecule has 0 spiro atoms. The largest absolute Gasteiger partial charge is 0.106 e. The zero-order chi connectivity index (χ0) is 7.11. The minimum atomic E-state index is 0.122. The van der Waals surface area contributed by atoms with Gasteiger partial charge in [-0.25, -0.2) is 0 Å². The summed E-state index contributed by atoms with van der Waals surface area (Å²) in [4.78, 5) is 0. The highest BCUT2D eigenvalue weighted by atomic mass is 13.8. The Morgan fingerprint density at radius 3 is 2.44 bits per heavy atom. The normalized spacial score (nSPS) is 6.00. The molecule has 0 heteroatoms. The third-order valence-corrected chi connectivity index (χ3v) is 0.516. The summed E-state index contributed by atoms with van der Waals surface area (Å²) in [5, 5.41) is 0. The number of terminal acetylenes is 1. The molecule has 0 nitrogen and oxygen atoms in total. The van der Waals surface area contributed by atoms with Crippen molar-refractivity contribution in [3.63, 3.8) is 0 Å². The van der Waals surface area contributed by atoms with Crippen LogP contribution in [0.1, 0.15) is 6.92 Å². The minimum Gasteiger partial charge on any atom is -0.106 e. The summed E-state index contributed by atoms with van der Waals surface area (Å²) in [6.07, 6.45) is 4.84. The summed E-state index contributed by atoms with van der Waals surface area (Å²) in [5.74, 6) is 12.5. The van der Waals surface area contributed by atoms with E-state index >= 15 is 0 Å². The second kappa shape index (κ2) is 4.83. The summed E-state index contributed by atoms with van der Waals surface area (Å²) in [6, 6.07) is 0. The highest BCUT2D eigenvalue weighted by molar-refractivity contribution is 5.34. The average Bonchev–Trinajstić information content (AvgIpc) is 1.80. The van der Waals surface area contributed by atoms with Crippen LogP contribution in [0, 0.1) is 48.9 Å². The second-order valence-electron chi connectivity index (χ2n) is 1.56. The van der Waals surface area contributed by atoms with Gasteiger partial charge >= 0.3 is 0 Å². The first-order valence-corrected chi connectivity index (χ1v) is 2.56. The Morgan fingerprint density at radius 2 is 2.00 bits per heavy atom. The Hall–Kier alpha value is -1.32. The zero-order valence-corrected chi connectivity index (χ0v) is 5.36. The van der Waals surface area contributed by atoms with Crippen molar-refractivity contribution in [3.05, 3.63) is 6.92 Å². The molecular weight excluding hydrogens is 108 g/mol. The van der Waals surface area contributed by atoms with E-state index in [0.29, 0.717) is 0 Å². The lowest BCUT2D eigenvalue weighted by atomic mass is 10.2. The Kier molecular flexibility index (Phi) is 4.12. The van der Waals surface area contributed by atoms with E-state index in [1.165, 1.54) is 0 Å². The van der Waals surface area contributed by atoms with Crippen molar-refractivity contribution in [2.75, 3.05) is 0 Å². The third kappa shape index (κ3) is 6.68. The molecule has 1 unspecified atom stereocenters. The first kappa shape index (κ1) is 7.68. The first-order valence-electron chi connectivity index (χ1n) is 2.56. The molecule has 0 bridgehead atoms. The van der Waals surface area contributed by atoms with Crippen LogP contribution in [-0.2, 0) is 0 Å². The molecule has 0 fully saturated rings.